The molecule has 0 heterocycles. The summed E-state index contributed by atoms with van der Waals surface area (Å²) in [5.41, 5.74) is 6.91. The van der Waals surface area contributed by atoms with Gasteiger partial charge in [0.25, 0.3) is 0 Å². The number of aliphatic hydroxyl groups is 1. The van der Waals surface area contributed by atoms with Crippen molar-refractivity contribution in [2.45, 2.75) is 32.8 Å². The van der Waals surface area contributed by atoms with E-state index in [2.05, 4.69) is 0 Å². The molecule has 0 amide bonds. The largest absolute Gasteiger partial charge is 0.490 e. The summed E-state index contributed by atoms with van der Waals surface area (Å²) in [4.78, 5) is 1.89. The molecule has 0 fully saturated rings. The van der Waals surface area contributed by atoms with E-state index < -0.39 is 5.82 Å². The molecule has 1 atom stereocenters. The Morgan fingerprint density at radius 3 is 2.74 bits per heavy atom. The normalized spacial score (nSPS) is 12.3. The van der Waals surface area contributed by atoms with Crippen LogP contribution in [0.3, 0.4) is 0 Å². The first-order valence-electron chi connectivity index (χ1n) is 6.56. The van der Waals surface area contributed by atoms with E-state index in [1.54, 1.807) is 13.0 Å². The van der Waals surface area contributed by atoms with Crippen molar-refractivity contribution in [3.05, 3.63) is 17.9 Å². The highest BCUT2D eigenvalue weighted by Gasteiger charge is 2.12. The van der Waals surface area contributed by atoms with Crippen molar-refractivity contribution < 1.29 is 14.2 Å². The van der Waals surface area contributed by atoms with Gasteiger partial charge in [-0.25, -0.2) is 4.39 Å². The van der Waals surface area contributed by atoms with Crippen LogP contribution >= 0.6 is 0 Å². The van der Waals surface area contributed by atoms with Gasteiger partial charge in [0.15, 0.2) is 11.6 Å². The number of nitrogens with two attached hydrogens (primary N) is 1. The van der Waals surface area contributed by atoms with Crippen molar-refractivity contribution in [2.24, 2.45) is 0 Å². The first kappa shape index (κ1) is 15.6. The van der Waals surface area contributed by atoms with E-state index in [0.29, 0.717) is 30.9 Å². The van der Waals surface area contributed by atoms with Crippen LogP contribution in [0.1, 0.15) is 26.7 Å². The van der Waals surface area contributed by atoms with Gasteiger partial charge in [-0.05, 0) is 19.8 Å². The third kappa shape index (κ3) is 4.59. The maximum absolute atomic E-state index is 13.7. The van der Waals surface area contributed by atoms with Crippen LogP contribution < -0.4 is 15.4 Å². The van der Waals surface area contributed by atoms with E-state index in [1.807, 2.05) is 18.9 Å². The van der Waals surface area contributed by atoms with E-state index in [0.717, 1.165) is 6.42 Å². The van der Waals surface area contributed by atoms with Gasteiger partial charge in [0.1, 0.15) is 0 Å². The smallest absolute Gasteiger partial charge is 0.167 e. The average molecular weight is 270 g/mol. The fourth-order valence-corrected chi connectivity index (χ4v) is 1.71. The highest BCUT2D eigenvalue weighted by atomic mass is 19.1. The van der Waals surface area contributed by atoms with Crippen LogP contribution in [0.15, 0.2) is 12.1 Å². The summed E-state index contributed by atoms with van der Waals surface area (Å²) in [7, 11) is 1.86. The van der Waals surface area contributed by atoms with Crippen molar-refractivity contribution in [2.75, 3.05) is 30.8 Å². The molecule has 3 N–H and O–H groups in total. The number of hydrogen-bond acceptors (Lipinski definition) is 4. The Kier molecular flexibility index (Phi) is 5.89. The summed E-state index contributed by atoms with van der Waals surface area (Å²) in [5.74, 6) is -0.228. The maximum atomic E-state index is 13.7. The molecule has 1 aromatic rings. The zero-order valence-electron chi connectivity index (χ0n) is 11.8. The molecule has 19 heavy (non-hydrogen) atoms. The summed E-state index contributed by atoms with van der Waals surface area (Å²) in [6.45, 7) is 4.81. The SMILES string of the molecule is CCCOc1cc(N(C)CCC(C)O)c(N)cc1F. The summed E-state index contributed by atoms with van der Waals surface area (Å²) in [6, 6.07) is 2.89. The predicted octanol–water partition coefficient (Wildman–Crippen LogP) is 2.40. The van der Waals surface area contributed by atoms with Gasteiger partial charge in [0.2, 0.25) is 0 Å². The highest BCUT2D eigenvalue weighted by Crippen LogP contribution is 2.30. The van der Waals surface area contributed by atoms with Gasteiger partial charge in [-0.3, -0.25) is 0 Å². The molecular formula is C14H23FN2O2. The Morgan fingerprint density at radius 1 is 1.47 bits per heavy atom. The van der Waals surface area contributed by atoms with Crippen LogP contribution in [0.25, 0.3) is 0 Å². The molecule has 1 rings (SSSR count). The van der Waals surface area contributed by atoms with Crippen LogP contribution in [-0.4, -0.2) is 31.4 Å². The lowest BCUT2D eigenvalue weighted by Crippen LogP contribution is -2.23. The molecule has 0 saturated carbocycles. The Labute approximate surface area is 114 Å². The highest BCUT2D eigenvalue weighted by molar-refractivity contribution is 5.69. The second-order valence-corrected chi connectivity index (χ2v) is 4.75. The summed E-state index contributed by atoms with van der Waals surface area (Å²) < 4.78 is 19.0. The number of anilines is 2. The molecule has 1 unspecified atom stereocenters. The molecule has 1 aromatic carbocycles. The topological polar surface area (TPSA) is 58.7 Å². The Morgan fingerprint density at radius 2 is 2.16 bits per heavy atom. The number of hydrogen-bond donors (Lipinski definition) is 2. The van der Waals surface area contributed by atoms with Gasteiger partial charge in [0.05, 0.1) is 24.1 Å². The molecule has 0 aromatic heterocycles. The maximum Gasteiger partial charge on any atom is 0.167 e. The zero-order chi connectivity index (χ0) is 14.4. The minimum Gasteiger partial charge on any atom is -0.490 e. The molecule has 108 valence electrons. The Balaban J connectivity index is 2.86. The number of ether oxygens (including phenoxy) is 1. The number of halogens is 1. The third-order valence-electron chi connectivity index (χ3n) is 2.84. The third-order valence-corrected chi connectivity index (χ3v) is 2.84. The fourth-order valence-electron chi connectivity index (χ4n) is 1.71. The zero-order valence-corrected chi connectivity index (χ0v) is 11.8. The van der Waals surface area contributed by atoms with Crippen molar-refractivity contribution in [3.63, 3.8) is 0 Å². The van der Waals surface area contributed by atoms with E-state index in [1.165, 1.54) is 6.07 Å². The van der Waals surface area contributed by atoms with Crippen molar-refractivity contribution in [1.29, 1.82) is 0 Å². The number of rotatable bonds is 7. The standard InChI is InChI=1S/C14H23FN2O2/c1-4-7-19-14-9-13(12(16)8-11(14)15)17(3)6-5-10(2)18/h8-10,18H,4-7,16H2,1-3H3. The lowest BCUT2D eigenvalue weighted by molar-refractivity contribution is 0.187. The number of nitrogens with zero attached hydrogens (tertiary/aromatic N) is 1. The lowest BCUT2D eigenvalue weighted by atomic mass is 10.2. The first-order valence-corrected chi connectivity index (χ1v) is 6.56. The van der Waals surface area contributed by atoms with Crippen molar-refractivity contribution in [1.82, 2.24) is 0 Å². The van der Waals surface area contributed by atoms with Crippen LogP contribution in [0.4, 0.5) is 15.8 Å². The molecule has 0 aliphatic heterocycles. The quantitative estimate of drug-likeness (QED) is 0.747. The van der Waals surface area contributed by atoms with E-state index >= 15 is 0 Å². The first-order chi connectivity index (χ1) is 8.95. The van der Waals surface area contributed by atoms with Crippen LogP contribution in [0.5, 0.6) is 5.75 Å². The van der Waals surface area contributed by atoms with Gasteiger partial charge in [0, 0.05) is 25.7 Å². The fraction of sp³-hybridized carbons (Fsp3) is 0.571. The monoisotopic (exact) mass is 270 g/mol. The molecular weight excluding hydrogens is 247 g/mol. The molecule has 0 bridgehead atoms. The molecule has 0 saturated heterocycles. The van der Waals surface area contributed by atoms with E-state index in [4.69, 9.17) is 10.5 Å². The van der Waals surface area contributed by atoms with Crippen molar-refractivity contribution in [3.8, 4) is 5.75 Å². The van der Waals surface area contributed by atoms with E-state index in [-0.39, 0.29) is 11.9 Å². The Hall–Kier alpha value is -1.49. The van der Waals surface area contributed by atoms with Gasteiger partial charge < -0.3 is 20.5 Å². The number of nitrogen functional groups attached to an aromatic ring is 1. The van der Waals surface area contributed by atoms with E-state index in [9.17, 15) is 9.50 Å². The molecule has 4 nitrogen and oxygen atoms in total. The van der Waals surface area contributed by atoms with Crippen LogP contribution in [0.2, 0.25) is 0 Å². The summed E-state index contributed by atoms with van der Waals surface area (Å²) in [6.07, 6.45) is 1.06. The summed E-state index contributed by atoms with van der Waals surface area (Å²) in [5, 5.41) is 9.29. The second-order valence-electron chi connectivity index (χ2n) is 4.75. The second kappa shape index (κ2) is 7.19. The van der Waals surface area contributed by atoms with Crippen molar-refractivity contribution >= 4 is 11.4 Å². The number of benzene rings is 1. The molecule has 0 radical (unpaired) electrons. The summed E-state index contributed by atoms with van der Waals surface area (Å²) >= 11 is 0. The average Bonchev–Trinajstić information content (AvgIpc) is 2.35. The molecule has 5 heteroatoms. The van der Waals surface area contributed by atoms with Crippen LogP contribution in [-0.2, 0) is 0 Å². The predicted molar refractivity (Wildman–Crippen MR) is 76.2 cm³/mol. The lowest BCUT2D eigenvalue weighted by Gasteiger charge is -2.22. The van der Waals surface area contributed by atoms with Crippen LogP contribution in [0, 0.1) is 5.82 Å². The van der Waals surface area contributed by atoms with Gasteiger partial charge in [-0.1, -0.05) is 6.92 Å². The number of aliphatic hydroxyl groups excluding tert-OH is 1. The van der Waals surface area contributed by atoms with Gasteiger partial charge in [-0.2, -0.15) is 0 Å². The Bertz CT molecular complexity index is 411. The molecule has 0 spiro atoms. The minimum atomic E-state index is -0.446. The molecule has 0 aliphatic carbocycles. The van der Waals surface area contributed by atoms with Gasteiger partial charge in [-0.15, -0.1) is 0 Å². The van der Waals surface area contributed by atoms with Gasteiger partial charge >= 0.3 is 0 Å². The molecule has 0 aliphatic rings. The minimum absolute atomic E-state index is 0.218.